The van der Waals surface area contributed by atoms with E-state index in [1.54, 1.807) is 0 Å². The van der Waals surface area contributed by atoms with Crippen molar-refractivity contribution in [2.45, 2.75) is 6.41 Å². The molecule has 0 aromatic carbocycles. The molecule has 0 radical (unpaired) electrons. The lowest BCUT2D eigenvalue weighted by Crippen LogP contribution is -2.13. The summed E-state index contributed by atoms with van der Waals surface area (Å²) in [6, 6.07) is 0. The van der Waals surface area contributed by atoms with Crippen LogP contribution in [-0.2, 0) is 9.78 Å². The Labute approximate surface area is 36.4 Å². The van der Waals surface area contributed by atoms with Gasteiger partial charge in [0.05, 0.1) is 0 Å². The maximum absolute atomic E-state index is 4.40. The van der Waals surface area contributed by atoms with Gasteiger partial charge < -0.3 is 0 Å². The van der Waals surface area contributed by atoms with Crippen LogP contribution >= 0.6 is 0 Å². The molecule has 1 fully saturated rings. The molecule has 0 N–H and O–H groups in total. The summed E-state index contributed by atoms with van der Waals surface area (Å²) >= 11 is 0. The summed E-state index contributed by atoms with van der Waals surface area (Å²) in [5.41, 5.74) is 0. The van der Waals surface area contributed by atoms with Gasteiger partial charge in [0.2, 0.25) is 0 Å². The first-order valence-corrected chi connectivity index (χ1v) is 1.79. The minimum atomic E-state index is -0.0648. The first kappa shape index (κ1) is 4.05. The summed E-state index contributed by atoms with van der Waals surface area (Å²) < 4.78 is 0. The summed E-state index contributed by atoms with van der Waals surface area (Å²) in [5, 5.41) is 0. The zero-order chi connectivity index (χ0) is 4.57. The Kier molecular flexibility index (Phi) is 0.799. The normalized spacial score (nSPS) is 22.5. The van der Waals surface area contributed by atoms with Gasteiger partial charge in [-0.2, -0.15) is 9.78 Å². The molecule has 1 heterocycles. The van der Waals surface area contributed by atoms with E-state index in [1.807, 2.05) is 19.0 Å². The molecule has 0 aromatic heterocycles. The van der Waals surface area contributed by atoms with E-state index >= 15 is 0 Å². The van der Waals surface area contributed by atoms with E-state index in [1.165, 1.54) is 0 Å². The zero-order valence-corrected chi connectivity index (χ0v) is 3.84. The topological polar surface area (TPSA) is 28.3 Å². The van der Waals surface area contributed by atoms with Gasteiger partial charge >= 0.3 is 0 Å². The van der Waals surface area contributed by atoms with E-state index in [0.29, 0.717) is 0 Å². The van der Waals surface area contributed by atoms with Gasteiger partial charge in [-0.1, -0.05) is 0 Å². The highest BCUT2D eigenvalue weighted by atomic mass is 17.4. The third kappa shape index (κ3) is 0.680. The lowest BCUT2D eigenvalue weighted by Gasteiger charge is -1.95. The number of hydrogen-bond donors (Lipinski definition) is 0. The molecule has 3 heteroatoms. The second-order valence-corrected chi connectivity index (χ2v) is 1.46. The Balaban J connectivity index is 2.13. The van der Waals surface area contributed by atoms with Gasteiger partial charge in [0.25, 0.3) is 6.41 Å². The fraction of sp³-hybridized carbons (Fsp3) is 1.00. The maximum atomic E-state index is 4.40. The smallest absolute Gasteiger partial charge is 0.257 e. The third-order valence-corrected chi connectivity index (χ3v) is 0.604. The Bertz CT molecular complexity index is 50.8. The van der Waals surface area contributed by atoms with E-state index in [-0.39, 0.29) is 6.41 Å². The second-order valence-electron chi connectivity index (χ2n) is 1.46. The lowest BCUT2D eigenvalue weighted by atomic mass is 10.9. The highest BCUT2D eigenvalue weighted by Gasteiger charge is 2.27. The van der Waals surface area contributed by atoms with Crippen LogP contribution in [0.15, 0.2) is 0 Å². The molecule has 1 aliphatic rings. The molecule has 0 spiro atoms. The quantitative estimate of drug-likeness (QED) is 0.329. The number of nitrogens with zero attached hydrogens (tertiary/aromatic N) is 1. The Morgan fingerprint density at radius 2 is 1.83 bits per heavy atom. The largest absolute Gasteiger partial charge is 0.279 e. The summed E-state index contributed by atoms with van der Waals surface area (Å²) in [7, 11) is 3.77. The third-order valence-electron chi connectivity index (χ3n) is 0.604. The molecule has 3 nitrogen and oxygen atoms in total. The van der Waals surface area contributed by atoms with Crippen molar-refractivity contribution in [3.05, 3.63) is 0 Å². The molecule has 1 aliphatic heterocycles. The van der Waals surface area contributed by atoms with Crippen LogP contribution in [0.3, 0.4) is 0 Å². The summed E-state index contributed by atoms with van der Waals surface area (Å²) in [5.74, 6) is 0. The monoisotopic (exact) mass is 89.0 g/mol. The van der Waals surface area contributed by atoms with Crippen molar-refractivity contribution in [3.8, 4) is 0 Å². The van der Waals surface area contributed by atoms with E-state index < -0.39 is 0 Å². The molecule has 0 aromatic rings. The van der Waals surface area contributed by atoms with Crippen LogP contribution in [0.5, 0.6) is 0 Å². The molecule has 1 rings (SSSR count). The number of hydrogen-bond acceptors (Lipinski definition) is 3. The summed E-state index contributed by atoms with van der Waals surface area (Å²) in [6.07, 6.45) is -0.0648. The van der Waals surface area contributed by atoms with Gasteiger partial charge in [-0.05, 0) is 14.1 Å². The van der Waals surface area contributed by atoms with E-state index in [2.05, 4.69) is 9.78 Å². The average Bonchev–Trinajstić information content (AvgIpc) is 2.06. The molecule has 1 saturated heterocycles. The zero-order valence-electron chi connectivity index (χ0n) is 3.84. The minimum absolute atomic E-state index is 0.0648. The van der Waals surface area contributed by atoms with Gasteiger partial charge in [-0.25, -0.2) is 0 Å². The van der Waals surface area contributed by atoms with Crippen LogP contribution < -0.4 is 0 Å². The molecule has 0 bridgehead atoms. The Morgan fingerprint density at radius 1 is 1.33 bits per heavy atom. The van der Waals surface area contributed by atoms with Gasteiger partial charge in [0.15, 0.2) is 0 Å². The molecule has 0 amide bonds. The van der Waals surface area contributed by atoms with Crippen LogP contribution in [0.2, 0.25) is 0 Å². The minimum Gasteiger partial charge on any atom is -0.257 e. The van der Waals surface area contributed by atoms with Gasteiger partial charge in [0.1, 0.15) is 0 Å². The molecule has 0 atom stereocenters. The SMILES string of the molecule is CN(C)C1OO1. The van der Waals surface area contributed by atoms with Crippen molar-refractivity contribution in [2.75, 3.05) is 14.1 Å². The van der Waals surface area contributed by atoms with E-state index in [0.717, 1.165) is 0 Å². The molecule has 6 heavy (non-hydrogen) atoms. The van der Waals surface area contributed by atoms with Crippen LogP contribution in [0.4, 0.5) is 0 Å². The molecular weight excluding hydrogens is 82.0 g/mol. The van der Waals surface area contributed by atoms with Crippen LogP contribution in [0.25, 0.3) is 0 Å². The maximum Gasteiger partial charge on any atom is 0.279 e. The predicted molar refractivity (Wildman–Crippen MR) is 19.6 cm³/mol. The molecule has 0 saturated carbocycles. The van der Waals surface area contributed by atoms with Crippen LogP contribution in [0.1, 0.15) is 0 Å². The molecular formula is C3H7NO2. The molecule has 0 aliphatic carbocycles. The summed E-state index contributed by atoms with van der Waals surface area (Å²) in [6.45, 7) is 0. The number of rotatable bonds is 1. The molecule has 36 valence electrons. The second kappa shape index (κ2) is 1.18. The van der Waals surface area contributed by atoms with Gasteiger partial charge in [-0.15, -0.1) is 0 Å². The highest BCUT2D eigenvalue weighted by Crippen LogP contribution is 2.12. The van der Waals surface area contributed by atoms with Crippen molar-refractivity contribution >= 4 is 0 Å². The van der Waals surface area contributed by atoms with Crippen LogP contribution in [0, 0.1) is 0 Å². The predicted octanol–water partition coefficient (Wildman–Crippen LogP) is -0.207. The van der Waals surface area contributed by atoms with Crippen molar-refractivity contribution in [2.24, 2.45) is 0 Å². The Hall–Kier alpha value is -0.120. The van der Waals surface area contributed by atoms with Crippen molar-refractivity contribution < 1.29 is 9.78 Å². The van der Waals surface area contributed by atoms with Crippen LogP contribution in [-0.4, -0.2) is 25.4 Å². The average molecular weight is 89.1 g/mol. The van der Waals surface area contributed by atoms with E-state index in [4.69, 9.17) is 0 Å². The van der Waals surface area contributed by atoms with Crippen molar-refractivity contribution in [1.82, 2.24) is 4.90 Å². The van der Waals surface area contributed by atoms with Gasteiger partial charge in [-0.3, -0.25) is 4.90 Å². The Morgan fingerprint density at radius 3 is 1.83 bits per heavy atom. The first-order valence-electron chi connectivity index (χ1n) is 1.79. The fourth-order valence-corrected chi connectivity index (χ4v) is 0.197. The standard InChI is InChI=1S/C3H7NO2/c1-4(2)3-5-6-3/h3H,1-2H3. The fourth-order valence-electron chi connectivity index (χ4n) is 0.197. The lowest BCUT2D eigenvalue weighted by molar-refractivity contribution is 0.0850. The highest BCUT2D eigenvalue weighted by molar-refractivity contribution is 4.38. The summed E-state index contributed by atoms with van der Waals surface area (Å²) in [4.78, 5) is 10.6. The molecule has 0 unspecified atom stereocenters. The van der Waals surface area contributed by atoms with Gasteiger partial charge in [0, 0.05) is 0 Å². The first-order chi connectivity index (χ1) is 2.80. The van der Waals surface area contributed by atoms with E-state index in [9.17, 15) is 0 Å². The van der Waals surface area contributed by atoms with Crippen molar-refractivity contribution in [1.29, 1.82) is 0 Å². The van der Waals surface area contributed by atoms with Crippen molar-refractivity contribution in [3.63, 3.8) is 0 Å².